The molecule has 6 heteroatoms. The van der Waals surface area contributed by atoms with Crippen molar-refractivity contribution in [2.75, 3.05) is 12.4 Å². The van der Waals surface area contributed by atoms with Crippen LogP contribution in [0.3, 0.4) is 0 Å². The fraction of sp³-hybridized carbons (Fsp3) is 0.312. The molecule has 3 rings (SSSR count). The largest absolute Gasteiger partial charge is 0.497 e. The van der Waals surface area contributed by atoms with Gasteiger partial charge in [0.2, 0.25) is 0 Å². The highest BCUT2D eigenvalue weighted by molar-refractivity contribution is 5.84. The molecule has 114 valence electrons. The highest BCUT2D eigenvalue weighted by Crippen LogP contribution is 2.34. The first kappa shape index (κ1) is 14.3. The minimum absolute atomic E-state index is 0.0562. The first-order chi connectivity index (χ1) is 10.7. The molecule has 1 unspecified atom stereocenters. The molecule has 1 atom stereocenters. The Balaban J connectivity index is 1.81. The summed E-state index contributed by atoms with van der Waals surface area (Å²) in [7, 11) is 1.67. The quantitative estimate of drug-likeness (QED) is 0.903. The lowest BCUT2D eigenvalue weighted by Gasteiger charge is -2.27. The molecule has 0 radical (unpaired) electrons. The first-order valence-corrected chi connectivity index (χ1v) is 7.16. The zero-order chi connectivity index (χ0) is 15.5. The van der Waals surface area contributed by atoms with Gasteiger partial charge in [0.15, 0.2) is 5.69 Å². The Kier molecular flexibility index (Phi) is 3.91. The number of carboxylic acid groups (broad SMARTS) is 1. The summed E-state index contributed by atoms with van der Waals surface area (Å²) in [4.78, 5) is 18.8. The third-order valence-corrected chi connectivity index (χ3v) is 3.86. The molecule has 0 saturated heterocycles. The average molecular weight is 299 g/mol. The Morgan fingerprint density at radius 2 is 2.23 bits per heavy atom. The molecule has 6 nitrogen and oxygen atoms in total. The minimum Gasteiger partial charge on any atom is -0.497 e. The van der Waals surface area contributed by atoms with Crippen molar-refractivity contribution in [3.63, 3.8) is 0 Å². The van der Waals surface area contributed by atoms with Crippen molar-refractivity contribution >= 4 is 11.8 Å². The van der Waals surface area contributed by atoms with Gasteiger partial charge in [-0.3, -0.25) is 0 Å². The van der Waals surface area contributed by atoms with E-state index in [-0.39, 0.29) is 11.7 Å². The van der Waals surface area contributed by atoms with Crippen molar-refractivity contribution in [3.8, 4) is 5.75 Å². The molecule has 1 aliphatic rings. The predicted octanol–water partition coefficient (Wildman–Crippen LogP) is 2.67. The zero-order valence-corrected chi connectivity index (χ0v) is 12.2. The van der Waals surface area contributed by atoms with Gasteiger partial charge in [0, 0.05) is 0 Å². The zero-order valence-electron chi connectivity index (χ0n) is 12.2. The second kappa shape index (κ2) is 6.01. The van der Waals surface area contributed by atoms with E-state index in [9.17, 15) is 4.79 Å². The van der Waals surface area contributed by atoms with Crippen LogP contribution < -0.4 is 10.1 Å². The van der Waals surface area contributed by atoms with Crippen LogP contribution in [-0.2, 0) is 6.42 Å². The minimum atomic E-state index is -1.07. The maximum atomic E-state index is 10.8. The average Bonchev–Trinajstić information content (AvgIpc) is 2.55. The number of hydrogen-bond donors (Lipinski definition) is 2. The molecule has 0 aliphatic heterocycles. The predicted molar refractivity (Wildman–Crippen MR) is 81.3 cm³/mol. The second-order valence-corrected chi connectivity index (χ2v) is 5.25. The summed E-state index contributed by atoms with van der Waals surface area (Å²) in [5.41, 5.74) is 2.45. The molecule has 1 aliphatic carbocycles. The highest BCUT2D eigenvalue weighted by Gasteiger charge is 2.21. The van der Waals surface area contributed by atoms with Crippen molar-refractivity contribution in [2.24, 2.45) is 0 Å². The molecule has 0 spiro atoms. The molecule has 22 heavy (non-hydrogen) atoms. The third-order valence-electron chi connectivity index (χ3n) is 3.86. The van der Waals surface area contributed by atoms with Crippen molar-refractivity contribution in [1.29, 1.82) is 0 Å². The number of carboxylic acids is 1. The summed E-state index contributed by atoms with van der Waals surface area (Å²) < 4.78 is 5.27. The van der Waals surface area contributed by atoms with Crippen LogP contribution >= 0.6 is 0 Å². The van der Waals surface area contributed by atoms with Gasteiger partial charge in [0.1, 0.15) is 11.6 Å². The van der Waals surface area contributed by atoms with Crippen LogP contribution in [0.25, 0.3) is 0 Å². The van der Waals surface area contributed by atoms with Crippen molar-refractivity contribution < 1.29 is 14.6 Å². The number of aromatic carboxylic acids is 1. The van der Waals surface area contributed by atoms with Crippen LogP contribution in [0.4, 0.5) is 5.82 Å². The number of benzene rings is 1. The standard InChI is InChI=1S/C16H17N3O3/c1-22-11-5-6-12-10(7-11)3-2-4-13(12)19-15-9-17-14(8-18-15)16(20)21/h5-9,13H,2-4H2,1H3,(H,18,19)(H,20,21). The smallest absolute Gasteiger partial charge is 0.356 e. The van der Waals surface area contributed by atoms with E-state index in [2.05, 4.69) is 27.4 Å². The Hall–Kier alpha value is -2.63. The highest BCUT2D eigenvalue weighted by atomic mass is 16.5. The number of fused-ring (bicyclic) bond motifs is 1. The summed E-state index contributed by atoms with van der Waals surface area (Å²) in [6.07, 6.45) is 5.85. The van der Waals surface area contributed by atoms with Gasteiger partial charge >= 0.3 is 5.97 Å². The van der Waals surface area contributed by atoms with Crippen molar-refractivity contribution in [1.82, 2.24) is 9.97 Å². The number of nitrogens with zero attached hydrogens (tertiary/aromatic N) is 2. The van der Waals surface area contributed by atoms with Crippen molar-refractivity contribution in [2.45, 2.75) is 25.3 Å². The summed E-state index contributed by atoms with van der Waals surface area (Å²) in [5, 5.41) is 12.2. The summed E-state index contributed by atoms with van der Waals surface area (Å²) in [6, 6.07) is 6.25. The number of methoxy groups -OCH3 is 1. The van der Waals surface area contributed by atoms with Gasteiger partial charge in [0.25, 0.3) is 0 Å². The van der Waals surface area contributed by atoms with Gasteiger partial charge < -0.3 is 15.2 Å². The molecule has 1 aromatic heterocycles. The number of ether oxygens (including phenoxy) is 1. The summed E-state index contributed by atoms with van der Waals surface area (Å²) in [6.45, 7) is 0. The molecular weight excluding hydrogens is 282 g/mol. The van der Waals surface area contributed by atoms with Crippen LogP contribution in [0.2, 0.25) is 0 Å². The van der Waals surface area contributed by atoms with Gasteiger partial charge in [0.05, 0.1) is 25.5 Å². The number of aryl methyl sites for hydroxylation is 1. The molecule has 0 amide bonds. The molecular formula is C16H17N3O3. The van der Waals surface area contributed by atoms with Crippen LogP contribution in [0.1, 0.15) is 40.5 Å². The molecule has 0 fully saturated rings. The second-order valence-electron chi connectivity index (χ2n) is 5.25. The molecule has 0 saturated carbocycles. The van der Waals surface area contributed by atoms with E-state index in [4.69, 9.17) is 9.84 Å². The summed E-state index contributed by atoms with van der Waals surface area (Å²) in [5.74, 6) is 0.373. The molecule has 2 N–H and O–H groups in total. The lowest BCUT2D eigenvalue weighted by Crippen LogP contribution is -2.18. The van der Waals surface area contributed by atoms with Gasteiger partial charge in [-0.15, -0.1) is 0 Å². The van der Waals surface area contributed by atoms with Crippen molar-refractivity contribution in [3.05, 3.63) is 47.4 Å². The first-order valence-electron chi connectivity index (χ1n) is 7.16. The molecule has 1 aromatic carbocycles. The number of aromatic nitrogens is 2. The monoisotopic (exact) mass is 299 g/mol. The Morgan fingerprint density at radius 1 is 1.36 bits per heavy atom. The maximum absolute atomic E-state index is 10.8. The normalized spacial score (nSPS) is 16.7. The fourth-order valence-electron chi connectivity index (χ4n) is 2.76. The van der Waals surface area contributed by atoms with E-state index in [1.165, 1.54) is 23.5 Å². The van der Waals surface area contributed by atoms with Crippen LogP contribution in [0, 0.1) is 0 Å². The Bertz CT molecular complexity index is 686. The lowest BCUT2D eigenvalue weighted by atomic mass is 9.87. The van der Waals surface area contributed by atoms with E-state index in [0.29, 0.717) is 5.82 Å². The number of anilines is 1. The lowest BCUT2D eigenvalue weighted by molar-refractivity contribution is 0.0690. The SMILES string of the molecule is COc1ccc2c(c1)CCCC2Nc1cnc(C(=O)O)cn1. The number of rotatable bonds is 4. The number of hydrogen-bond acceptors (Lipinski definition) is 5. The fourth-order valence-corrected chi connectivity index (χ4v) is 2.76. The Morgan fingerprint density at radius 3 is 2.91 bits per heavy atom. The van der Waals surface area contributed by atoms with E-state index in [0.717, 1.165) is 25.0 Å². The molecule has 1 heterocycles. The van der Waals surface area contributed by atoms with E-state index in [1.54, 1.807) is 7.11 Å². The van der Waals surface area contributed by atoms with Gasteiger partial charge in [-0.2, -0.15) is 0 Å². The molecule has 0 bridgehead atoms. The van der Waals surface area contributed by atoms with Gasteiger partial charge in [-0.1, -0.05) is 6.07 Å². The number of nitrogens with one attached hydrogen (secondary N) is 1. The van der Waals surface area contributed by atoms with Crippen LogP contribution in [-0.4, -0.2) is 28.2 Å². The van der Waals surface area contributed by atoms with Gasteiger partial charge in [-0.05, 0) is 42.5 Å². The third kappa shape index (κ3) is 2.86. The van der Waals surface area contributed by atoms with Crippen LogP contribution in [0.5, 0.6) is 5.75 Å². The topological polar surface area (TPSA) is 84.3 Å². The van der Waals surface area contributed by atoms with Gasteiger partial charge in [-0.25, -0.2) is 14.8 Å². The maximum Gasteiger partial charge on any atom is 0.356 e. The van der Waals surface area contributed by atoms with E-state index >= 15 is 0 Å². The number of carbonyl (C=O) groups is 1. The Labute approximate surface area is 128 Å². The summed E-state index contributed by atoms with van der Waals surface area (Å²) >= 11 is 0. The van der Waals surface area contributed by atoms with Crippen LogP contribution in [0.15, 0.2) is 30.6 Å². The van der Waals surface area contributed by atoms with E-state index < -0.39 is 5.97 Å². The van der Waals surface area contributed by atoms with E-state index in [1.807, 2.05) is 6.07 Å². The molecule has 2 aromatic rings.